The molecule has 1 aromatic rings. The summed E-state index contributed by atoms with van der Waals surface area (Å²) in [6.07, 6.45) is 5.15. The molecule has 1 aliphatic rings. The first-order valence-electron chi connectivity index (χ1n) is 6.80. The second-order valence-electron chi connectivity index (χ2n) is 5.44. The lowest BCUT2D eigenvalue weighted by molar-refractivity contribution is -0.131. The summed E-state index contributed by atoms with van der Waals surface area (Å²) in [5.41, 5.74) is 4.77. The number of allylic oxidation sites excluding steroid dienone is 1. The Morgan fingerprint density at radius 1 is 1.21 bits per heavy atom. The van der Waals surface area contributed by atoms with Crippen molar-refractivity contribution in [1.82, 2.24) is 0 Å². The van der Waals surface area contributed by atoms with Crippen LogP contribution in [0, 0.1) is 13.8 Å². The van der Waals surface area contributed by atoms with Crippen molar-refractivity contribution in [3.05, 3.63) is 41.0 Å². The normalized spacial score (nSPS) is 19.1. The molecule has 0 aliphatic heterocycles. The van der Waals surface area contributed by atoms with Crippen molar-refractivity contribution in [2.45, 2.75) is 45.6 Å². The fraction of sp³-hybridized carbons (Fsp3) is 0.438. The van der Waals surface area contributed by atoms with Gasteiger partial charge in [0, 0.05) is 17.8 Å². The molecule has 102 valence electrons. The smallest absolute Gasteiger partial charge is 0.328 e. The summed E-state index contributed by atoms with van der Waals surface area (Å²) in [5, 5.41) is 12.3. The molecule has 0 unspecified atom stereocenters. The van der Waals surface area contributed by atoms with Gasteiger partial charge in [-0.25, -0.2) is 4.79 Å². The number of hydrogen-bond acceptors (Lipinski definition) is 2. The van der Waals surface area contributed by atoms with Crippen LogP contribution in [0.2, 0.25) is 0 Å². The molecule has 1 aromatic carbocycles. The van der Waals surface area contributed by atoms with Gasteiger partial charge in [0.15, 0.2) is 0 Å². The van der Waals surface area contributed by atoms with Gasteiger partial charge in [-0.05, 0) is 62.8 Å². The summed E-state index contributed by atoms with van der Waals surface area (Å²) in [4.78, 5) is 10.6. The first-order valence-corrected chi connectivity index (χ1v) is 6.80. The molecule has 3 heteroatoms. The van der Waals surface area contributed by atoms with Gasteiger partial charge in [0.2, 0.25) is 0 Å². The Morgan fingerprint density at radius 3 is 2.32 bits per heavy atom. The van der Waals surface area contributed by atoms with E-state index in [0.717, 1.165) is 31.3 Å². The van der Waals surface area contributed by atoms with Gasteiger partial charge in [-0.15, -0.1) is 0 Å². The van der Waals surface area contributed by atoms with Gasteiger partial charge in [0.1, 0.15) is 0 Å². The molecule has 2 rings (SSSR count). The molecule has 0 radical (unpaired) electrons. The first-order chi connectivity index (χ1) is 9.02. The summed E-state index contributed by atoms with van der Waals surface area (Å²) in [6, 6.07) is 6.94. The Kier molecular flexibility index (Phi) is 4.25. The van der Waals surface area contributed by atoms with Gasteiger partial charge in [0.25, 0.3) is 0 Å². The van der Waals surface area contributed by atoms with E-state index in [1.165, 1.54) is 22.9 Å². The van der Waals surface area contributed by atoms with Crippen molar-refractivity contribution in [3.8, 4) is 0 Å². The molecule has 19 heavy (non-hydrogen) atoms. The highest BCUT2D eigenvalue weighted by atomic mass is 16.4. The minimum Gasteiger partial charge on any atom is -0.478 e. The Labute approximate surface area is 114 Å². The zero-order valence-electron chi connectivity index (χ0n) is 11.6. The molecule has 0 amide bonds. The van der Waals surface area contributed by atoms with Gasteiger partial charge < -0.3 is 10.4 Å². The molecule has 0 atom stereocenters. The van der Waals surface area contributed by atoms with Crippen molar-refractivity contribution in [3.63, 3.8) is 0 Å². The highest BCUT2D eigenvalue weighted by Gasteiger charge is 2.17. The Morgan fingerprint density at radius 2 is 1.79 bits per heavy atom. The van der Waals surface area contributed by atoms with Crippen molar-refractivity contribution < 1.29 is 9.90 Å². The zero-order valence-corrected chi connectivity index (χ0v) is 11.6. The Hall–Kier alpha value is -1.77. The van der Waals surface area contributed by atoms with E-state index < -0.39 is 5.97 Å². The molecule has 0 aromatic heterocycles. The number of aryl methyl sites for hydroxylation is 2. The van der Waals surface area contributed by atoms with E-state index in [2.05, 4.69) is 37.4 Å². The molecule has 1 fully saturated rings. The highest BCUT2D eigenvalue weighted by Crippen LogP contribution is 2.26. The molecule has 1 saturated carbocycles. The minimum atomic E-state index is -0.823. The number of carboxylic acid groups (broad SMARTS) is 1. The van der Waals surface area contributed by atoms with Crippen LogP contribution in [0.3, 0.4) is 0 Å². The topological polar surface area (TPSA) is 49.3 Å². The van der Waals surface area contributed by atoms with E-state index in [9.17, 15) is 4.79 Å². The van der Waals surface area contributed by atoms with Gasteiger partial charge in [0.05, 0.1) is 0 Å². The number of aliphatic carboxylic acids is 1. The Bertz CT molecular complexity index is 475. The number of carbonyl (C=O) groups is 1. The number of carboxylic acids is 1. The molecule has 2 N–H and O–H groups in total. The van der Waals surface area contributed by atoms with Crippen molar-refractivity contribution >= 4 is 11.7 Å². The number of hydrogen-bond donors (Lipinski definition) is 2. The third-order valence-corrected chi connectivity index (χ3v) is 3.55. The van der Waals surface area contributed by atoms with Crippen LogP contribution in [0.4, 0.5) is 5.69 Å². The fourth-order valence-electron chi connectivity index (χ4n) is 2.75. The molecule has 0 saturated heterocycles. The quantitative estimate of drug-likeness (QED) is 0.814. The SMILES string of the molecule is Cc1cc(C)cc(NC2CCC(=CC(=O)O)CC2)c1. The van der Waals surface area contributed by atoms with E-state index in [-0.39, 0.29) is 0 Å². The highest BCUT2D eigenvalue weighted by molar-refractivity contribution is 5.80. The second-order valence-corrected chi connectivity index (χ2v) is 5.44. The lowest BCUT2D eigenvalue weighted by Crippen LogP contribution is -2.23. The number of benzene rings is 1. The predicted octanol–water partition coefficient (Wildman–Crippen LogP) is 3.67. The van der Waals surface area contributed by atoms with E-state index in [1.807, 2.05) is 0 Å². The fourth-order valence-corrected chi connectivity index (χ4v) is 2.75. The van der Waals surface area contributed by atoms with Crippen LogP contribution in [0.25, 0.3) is 0 Å². The minimum absolute atomic E-state index is 0.451. The van der Waals surface area contributed by atoms with Crippen LogP contribution in [0.15, 0.2) is 29.8 Å². The maximum atomic E-state index is 10.6. The number of rotatable bonds is 3. The van der Waals surface area contributed by atoms with Crippen LogP contribution in [-0.2, 0) is 4.79 Å². The molecule has 0 bridgehead atoms. The van der Waals surface area contributed by atoms with Gasteiger partial charge in [-0.2, -0.15) is 0 Å². The maximum Gasteiger partial charge on any atom is 0.328 e. The van der Waals surface area contributed by atoms with E-state index in [4.69, 9.17) is 5.11 Å². The van der Waals surface area contributed by atoms with E-state index in [0.29, 0.717) is 6.04 Å². The van der Waals surface area contributed by atoms with Gasteiger partial charge >= 0.3 is 5.97 Å². The molecular formula is C16H21NO2. The molecule has 0 spiro atoms. The van der Waals surface area contributed by atoms with Crippen LogP contribution < -0.4 is 5.32 Å². The lowest BCUT2D eigenvalue weighted by Gasteiger charge is -2.26. The largest absolute Gasteiger partial charge is 0.478 e. The van der Waals surface area contributed by atoms with Crippen molar-refractivity contribution in [2.24, 2.45) is 0 Å². The lowest BCUT2D eigenvalue weighted by atomic mass is 9.90. The first kappa shape index (κ1) is 13.7. The summed E-state index contributed by atoms with van der Waals surface area (Å²) < 4.78 is 0. The van der Waals surface area contributed by atoms with E-state index >= 15 is 0 Å². The zero-order chi connectivity index (χ0) is 13.8. The number of anilines is 1. The molecule has 0 heterocycles. The standard InChI is InChI=1S/C16H21NO2/c1-11-7-12(2)9-15(8-11)17-14-5-3-13(4-6-14)10-16(18)19/h7-10,14,17H,3-6H2,1-2H3,(H,18,19). The third kappa shape index (κ3) is 4.12. The summed E-state index contributed by atoms with van der Waals surface area (Å²) in [7, 11) is 0. The monoisotopic (exact) mass is 259 g/mol. The summed E-state index contributed by atoms with van der Waals surface area (Å²) >= 11 is 0. The molecule has 1 aliphatic carbocycles. The number of nitrogens with one attached hydrogen (secondary N) is 1. The van der Waals surface area contributed by atoms with Gasteiger partial charge in [-0.3, -0.25) is 0 Å². The molecule has 3 nitrogen and oxygen atoms in total. The summed E-state index contributed by atoms with van der Waals surface area (Å²) in [6.45, 7) is 4.21. The predicted molar refractivity (Wildman–Crippen MR) is 77.5 cm³/mol. The summed E-state index contributed by atoms with van der Waals surface area (Å²) in [5.74, 6) is -0.823. The van der Waals surface area contributed by atoms with Crippen LogP contribution in [0.5, 0.6) is 0 Å². The van der Waals surface area contributed by atoms with Crippen LogP contribution in [-0.4, -0.2) is 17.1 Å². The second kappa shape index (κ2) is 5.91. The van der Waals surface area contributed by atoms with Gasteiger partial charge in [-0.1, -0.05) is 11.6 Å². The average Bonchev–Trinajstić information content (AvgIpc) is 2.29. The van der Waals surface area contributed by atoms with E-state index in [1.54, 1.807) is 0 Å². The van der Waals surface area contributed by atoms with Crippen LogP contribution >= 0.6 is 0 Å². The third-order valence-electron chi connectivity index (χ3n) is 3.55. The molecular weight excluding hydrogens is 238 g/mol. The average molecular weight is 259 g/mol. The van der Waals surface area contributed by atoms with Crippen molar-refractivity contribution in [1.29, 1.82) is 0 Å². The Balaban J connectivity index is 1.94. The maximum absolute atomic E-state index is 10.6. The van der Waals surface area contributed by atoms with Crippen molar-refractivity contribution in [2.75, 3.05) is 5.32 Å². The van der Waals surface area contributed by atoms with Crippen LogP contribution in [0.1, 0.15) is 36.8 Å².